The van der Waals surface area contributed by atoms with Gasteiger partial charge in [-0.25, -0.2) is 24.3 Å². The van der Waals surface area contributed by atoms with E-state index in [1.807, 2.05) is 146 Å². The van der Waals surface area contributed by atoms with Crippen LogP contribution in [-0.2, 0) is 6.18 Å². The van der Waals surface area contributed by atoms with Gasteiger partial charge in [0, 0.05) is 150 Å². The summed E-state index contributed by atoms with van der Waals surface area (Å²) in [5, 5.41) is 16.9. The minimum absolute atomic E-state index is 0.0309. The lowest BCUT2D eigenvalue weighted by Gasteiger charge is -2.24. The topological polar surface area (TPSA) is 188 Å². The number of anilines is 8. The first-order valence-corrected chi connectivity index (χ1v) is 37.8. The maximum absolute atomic E-state index is 14.7. The second kappa shape index (κ2) is 33.8. The fraction of sp³-hybridized carbons (Fsp3) is 0.191. The molecule has 0 fully saturated rings. The van der Waals surface area contributed by atoms with E-state index in [9.17, 15) is 17.6 Å². The molecule has 0 amide bonds. The molecule has 0 spiro atoms. The van der Waals surface area contributed by atoms with Crippen LogP contribution in [0.4, 0.5) is 63.1 Å². The van der Waals surface area contributed by atoms with Gasteiger partial charge >= 0.3 is 6.18 Å². The first-order chi connectivity index (χ1) is 55.0. The molecule has 0 atom stereocenters. The monoisotopic (exact) mass is 1630 g/mol. The normalized spacial score (nSPS) is 11.2. The number of aryl methyl sites for hydroxylation is 12. The Bertz CT molecular complexity index is 5600. The molecule has 0 saturated heterocycles. The van der Waals surface area contributed by atoms with Crippen LogP contribution in [0.15, 0.2) is 243 Å². The summed E-state index contributed by atoms with van der Waals surface area (Å²) in [6.45, 7) is 23.5. The highest BCUT2D eigenvalue weighted by atomic mass is 79.9. The average Bonchev–Trinajstić information content (AvgIpc) is 1.41. The predicted molar refractivity (Wildman–Crippen MR) is 449 cm³/mol. The zero-order valence-corrected chi connectivity index (χ0v) is 68.7. The lowest BCUT2D eigenvalue weighted by molar-refractivity contribution is -0.137. The molecule has 0 aliphatic carbocycles. The number of halogens is 6. The Hall–Kier alpha value is -12.9. The molecule has 8 aromatic heterocycles. The summed E-state index contributed by atoms with van der Waals surface area (Å²) in [4.78, 5) is 24.1. The summed E-state index contributed by atoms with van der Waals surface area (Å²) >= 11 is 10.2. The van der Waals surface area contributed by atoms with Crippen molar-refractivity contribution in [2.75, 3.05) is 47.8 Å². The van der Waals surface area contributed by atoms with E-state index in [1.165, 1.54) is 46.5 Å². The number of benzene rings is 8. The van der Waals surface area contributed by atoms with Crippen molar-refractivity contribution in [2.45, 2.75) is 89.3 Å². The van der Waals surface area contributed by atoms with Crippen molar-refractivity contribution in [1.29, 1.82) is 0 Å². The largest absolute Gasteiger partial charge is 0.418 e. The van der Waals surface area contributed by atoms with Gasteiger partial charge in [0.05, 0.1) is 81.4 Å². The van der Waals surface area contributed by atoms with Gasteiger partial charge in [0.25, 0.3) is 0 Å². The number of nitrogens with zero attached hydrogens (tertiary/aromatic N) is 16. The van der Waals surface area contributed by atoms with Crippen molar-refractivity contribution in [3.05, 3.63) is 309 Å². The molecule has 20 nitrogen and oxygen atoms in total. The summed E-state index contributed by atoms with van der Waals surface area (Å²) in [6.07, 6.45) is 15.6. The molecule has 0 N–H and O–H groups in total. The van der Waals surface area contributed by atoms with E-state index in [0.717, 1.165) is 157 Å². The Labute approximate surface area is 677 Å². The molecule has 0 unspecified atom stereocenters. The minimum Gasteiger partial charge on any atom is -0.361 e. The van der Waals surface area contributed by atoms with E-state index >= 15 is 0 Å². The Morgan fingerprint density at radius 1 is 0.348 bits per heavy atom. The van der Waals surface area contributed by atoms with E-state index in [2.05, 4.69) is 166 Å². The second-order valence-electron chi connectivity index (χ2n) is 28.0. The second-order valence-corrected chi connectivity index (χ2v) is 29.3. The maximum Gasteiger partial charge on any atom is 0.418 e. The zero-order chi connectivity index (χ0) is 81.8. The summed E-state index contributed by atoms with van der Waals surface area (Å²) in [5.74, 6) is 2.83. The van der Waals surface area contributed by atoms with Crippen LogP contribution in [0, 0.1) is 88.9 Å². The molecule has 115 heavy (non-hydrogen) atoms. The summed E-state index contributed by atoms with van der Waals surface area (Å²) in [7, 11) is 7.82. The van der Waals surface area contributed by atoms with Crippen LogP contribution >= 0.6 is 27.5 Å². The maximum atomic E-state index is 14.7. The first kappa shape index (κ1) is 80.2. The van der Waals surface area contributed by atoms with E-state index in [4.69, 9.17) is 29.7 Å². The average molecular weight is 1630 g/mol. The summed E-state index contributed by atoms with van der Waals surface area (Å²) < 4.78 is 85.4. The van der Waals surface area contributed by atoms with Crippen LogP contribution < -0.4 is 19.6 Å². The molecule has 0 aliphatic heterocycles. The van der Waals surface area contributed by atoms with Gasteiger partial charge in [0.1, 0.15) is 28.9 Å². The minimum atomic E-state index is -4.51. The molecule has 586 valence electrons. The molecule has 0 bridgehead atoms. The van der Waals surface area contributed by atoms with E-state index < -0.39 is 11.7 Å². The van der Waals surface area contributed by atoms with Crippen molar-refractivity contribution >= 4 is 73.0 Å². The Balaban J connectivity index is 0.000000134. The first-order valence-electron chi connectivity index (χ1n) is 36.7. The van der Waals surface area contributed by atoms with Crippen LogP contribution in [-0.4, -0.2) is 87.0 Å². The standard InChI is InChI=1S/C23H21F3N4O.C22H21BrN4O.C22H21ClN4O.C22H21FN4O/c1-14-5-6-17(22-15(2)28-31-16(22)3)11-21(14)29(4)18-7-8-20(30-10-9-27-13-30)19(12-18)23(24,25)26;3*1-14-5-6-17(22-15(2)25-28-16(22)3)11-21(14)26(4)18-7-8-20(19(23)12-18)27-10-9-24-13-27/h5-13H,1-4H3;3*5-13H,1-4H3. The molecule has 0 saturated carbocycles. The van der Waals surface area contributed by atoms with Gasteiger partial charge in [-0.15, -0.1) is 0 Å². The molecule has 16 aromatic rings. The molecule has 0 radical (unpaired) electrons. The van der Waals surface area contributed by atoms with Crippen molar-refractivity contribution < 1.29 is 35.7 Å². The summed E-state index contributed by atoms with van der Waals surface area (Å²) in [5.41, 5.74) is 25.0. The van der Waals surface area contributed by atoms with Crippen molar-refractivity contribution in [1.82, 2.24) is 58.8 Å². The lowest BCUT2D eigenvalue weighted by Crippen LogP contribution is -2.15. The fourth-order valence-corrected chi connectivity index (χ4v) is 15.0. The van der Waals surface area contributed by atoms with Gasteiger partial charge in [-0.1, -0.05) is 80.8 Å². The number of hydrogen-bond acceptors (Lipinski definition) is 16. The van der Waals surface area contributed by atoms with Gasteiger partial charge in [0.15, 0.2) is 0 Å². The predicted octanol–water partition coefficient (Wildman–Crippen LogP) is 23.5. The molecule has 8 aromatic carbocycles. The molecule has 16 rings (SSSR count). The van der Waals surface area contributed by atoms with Crippen molar-refractivity contribution in [2.24, 2.45) is 0 Å². The van der Waals surface area contributed by atoms with E-state index in [1.54, 1.807) is 72.4 Å². The van der Waals surface area contributed by atoms with Crippen LogP contribution in [0.5, 0.6) is 0 Å². The van der Waals surface area contributed by atoms with E-state index in [0.29, 0.717) is 22.2 Å². The van der Waals surface area contributed by atoms with Crippen molar-refractivity contribution in [3.8, 4) is 67.3 Å². The molecule has 8 heterocycles. The highest BCUT2D eigenvalue weighted by Gasteiger charge is 2.35. The van der Waals surface area contributed by atoms with Crippen LogP contribution in [0.3, 0.4) is 0 Å². The number of imidazole rings is 4. The third-order valence-electron chi connectivity index (χ3n) is 20.3. The van der Waals surface area contributed by atoms with Gasteiger partial charge in [-0.05, 0) is 241 Å². The molecular formula is C89H84BrClF4N16O4. The number of hydrogen-bond donors (Lipinski definition) is 0. The third-order valence-corrected chi connectivity index (χ3v) is 21.3. The zero-order valence-electron chi connectivity index (χ0n) is 66.3. The van der Waals surface area contributed by atoms with Crippen LogP contribution in [0.2, 0.25) is 5.02 Å². The summed E-state index contributed by atoms with van der Waals surface area (Å²) in [6, 6.07) is 46.8. The van der Waals surface area contributed by atoms with Gasteiger partial charge in [0.2, 0.25) is 0 Å². The molecular weight excluding hydrogens is 1550 g/mol. The Kier molecular flexibility index (Phi) is 23.6. The number of rotatable bonds is 16. The fourth-order valence-electron chi connectivity index (χ4n) is 14.2. The smallest absolute Gasteiger partial charge is 0.361 e. The lowest BCUT2D eigenvalue weighted by atomic mass is 10.0. The Morgan fingerprint density at radius 3 is 0.930 bits per heavy atom. The third kappa shape index (κ3) is 17.1. The molecule has 26 heteroatoms. The van der Waals surface area contributed by atoms with Crippen LogP contribution in [0.25, 0.3) is 67.3 Å². The van der Waals surface area contributed by atoms with Crippen molar-refractivity contribution in [3.63, 3.8) is 0 Å². The quantitative estimate of drug-likeness (QED) is 0.0830. The highest BCUT2D eigenvalue weighted by Crippen LogP contribution is 2.43. The number of alkyl halides is 3. The Morgan fingerprint density at radius 2 is 0.635 bits per heavy atom. The molecule has 0 aliphatic rings. The highest BCUT2D eigenvalue weighted by molar-refractivity contribution is 9.10. The van der Waals surface area contributed by atoms with Gasteiger partial charge in [-0.3, -0.25) is 0 Å². The van der Waals surface area contributed by atoms with Gasteiger partial charge in [-0.2, -0.15) is 13.2 Å². The number of aromatic nitrogens is 12. The van der Waals surface area contributed by atoms with E-state index in [-0.39, 0.29) is 11.5 Å². The van der Waals surface area contributed by atoms with Gasteiger partial charge < -0.3 is 56.0 Å². The van der Waals surface area contributed by atoms with Crippen LogP contribution in [0.1, 0.15) is 73.6 Å². The SMILES string of the molecule is Cc1ccc(-c2c(C)noc2C)cc1N(C)c1ccc(-n2ccnc2)c(Br)c1.Cc1ccc(-c2c(C)noc2C)cc1N(C)c1ccc(-n2ccnc2)c(C(F)(F)F)c1.Cc1ccc(-c2c(C)noc2C)cc1N(C)c1ccc(-n2ccnc2)c(Cl)c1.Cc1ccc(-c2c(C)noc2C)cc1N(C)c1ccc(-n2ccnc2)c(F)c1.